The molecule has 1 atom stereocenters. The van der Waals surface area contributed by atoms with Crippen molar-refractivity contribution in [1.29, 1.82) is 0 Å². The van der Waals surface area contributed by atoms with Crippen LogP contribution in [0.15, 0.2) is 12.1 Å². The third-order valence-corrected chi connectivity index (χ3v) is 3.36. The first-order valence-electron chi connectivity index (χ1n) is 6.08. The van der Waals surface area contributed by atoms with Gasteiger partial charge in [-0.3, -0.25) is 0 Å². The van der Waals surface area contributed by atoms with Crippen LogP contribution in [0.4, 0.5) is 0 Å². The van der Waals surface area contributed by atoms with Crippen molar-refractivity contribution >= 4 is 0 Å². The zero-order valence-corrected chi connectivity index (χ0v) is 10.4. The second-order valence-corrected chi connectivity index (χ2v) is 5.11. The first-order valence-corrected chi connectivity index (χ1v) is 6.08. The molecule has 1 heterocycles. The van der Waals surface area contributed by atoms with Crippen LogP contribution in [-0.2, 0) is 12.8 Å². The zero-order valence-electron chi connectivity index (χ0n) is 10.4. The Morgan fingerprint density at radius 1 is 1.38 bits per heavy atom. The Kier molecular flexibility index (Phi) is 3.20. The fourth-order valence-corrected chi connectivity index (χ4v) is 2.21. The van der Waals surface area contributed by atoms with Gasteiger partial charge in [0.1, 0.15) is 5.75 Å². The predicted molar refractivity (Wildman–Crippen MR) is 66.9 cm³/mol. The number of hydrogen-bond acceptors (Lipinski definition) is 2. The van der Waals surface area contributed by atoms with Crippen molar-refractivity contribution in [2.75, 3.05) is 6.61 Å². The summed E-state index contributed by atoms with van der Waals surface area (Å²) in [5.74, 6) is 1.63. The molecule has 0 radical (unpaired) electrons. The van der Waals surface area contributed by atoms with E-state index in [4.69, 9.17) is 10.5 Å². The smallest absolute Gasteiger partial charge is 0.125 e. The minimum Gasteiger partial charge on any atom is -0.493 e. The fraction of sp³-hybridized carbons (Fsp3) is 0.571. The van der Waals surface area contributed by atoms with E-state index in [0.717, 1.165) is 25.2 Å². The van der Waals surface area contributed by atoms with Gasteiger partial charge < -0.3 is 10.5 Å². The van der Waals surface area contributed by atoms with Crippen LogP contribution in [0.3, 0.4) is 0 Å². The Hall–Kier alpha value is -1.02. The van der Waals surface area contributed by atoms with E-state index in [2.05, 4.69) is 32.9 Å². The number of fused-ring (bicyclic) bond motifs is 1. The maximum atomic E-state index is 6.11. The molecule has 0 saturated heterocycles. The molecule has 1 aromatic carbocycles. The number of benzene rings is 1. The summed E-state index contributed by atoms with van der Waals surface area (Å²) in [5.41, 5.74) is 10.1. The molecule has 2 heteroatoms. The van der Waals surface area contributed by atoms with Crippen molar-refractivity contribution in [3.05, 3.63) is 28.8 Å². The fourth-order valence-electron chi connectivity index (χ4n) is 2.21. The van der Waals surface area contributed by atoms with Crippen LogP contribution in [0.2, 0.25) is 0 Å². The summed E-state index contributed by atoms with van der Waals surface area (Å²) >= 11 is 0. The molecule has 0 amide bonds. The normalized spacial score (nSPS) is 16.1. The van der Waals surface area contributed by atoms with E-state index in [1.807, 2.05) is 0 Å². The highest BCUT2D eigenvalue weighted by atomic mass is 16.5. The quantitative estimate of drug-likeness (QED) is 0.847. The summed E-state index contributed by atoms with van der Waals surface area (Å²) in [5, 5.41) is 0. The van der Waals surface area contributed by atoms with Crippen LogP contribution >= 0.6 is 0 Å². The minimum atomic E-state index is 0.250. The van der Waals surface area contributed by atoms with Gasteiger partial charge in [0.15, 0.2) is 0 Å². The number of aryl methyl sites for hydroxylation is 1. The molecule has 1 unspecified atom stereocenters. The summed E-state index contributed by atoms with van der Waals surface area (Å²) in [6, 6.07) is 4.73. The number of nitrogens with two attached hydrogens (primary N) is 1. The van der Waals surface area contributed by atoms with E-state index in [-0.39, 0.29) is 6.04 Å². The van der Waals surface area contributed by atoms with E-state index in [9.17, 15) is 0 Å². The third-order valence-electron chi connectivity index (χ3n) is 3.36. The number of hydrogen-bond donors (Lipinski definition) is 1. The molecule has 16 heavy (non-hydrogen) atoms. The molecule has 0 saturated carbocycles. The number of ether oxygens (including phenoxy) is 1. The van der Waals surface area contributed by atoms with Crippen molar-refractivity contribution in [3.8, 4) is 5.75 Å². The Morgan fingerprint density at radius 2 is 2.12 bits per heavy atom. The van der Waals surface area contributed by atoms with E-state index < -0.39 is 0 Å². The molecule has 0 fully saturated rings. The highest BCUT2D eigenvalue weighted by Gasteiger charge is 2.17. The SMILES string of the molecule is Cc1cc(CC(N)C(C)C)cc2c1OCC2. The number of rotatable bonds is 3. The second-order valence-electron chi connectivity index (χ2n) is 5.11. The summed E-state index contributed by atoms with van der Waals surface area (Å²) in [6.45, 7) is 7.30. The molecular formula is C14H21NO. The molecule has 2 rings (SSSR count). The molecule has 2 nitrogen and oxygen atoms in total. The van der Waals surface area contributed by atoms with Crippen molar-refractivity contribution < 1.29 is 4.74 Å². The van der Waals surface area contributed by atoms with Gasteiger partial charge in [0, 0.05) is 12.5 Å². The van der Waals surface area contributed by atoms with Crippen LogP contribution in [0.25, 0.3) is 0 Å². The second kappa shape index (κ2) is 4.46. The molecule has 0 aliphatic carbocycles. The Labute approximate surface area is 97.8 Å². The average molecular weight is 219 g/mol. The molecule has 0 spiro atoms. The third kappa shape index (κ3) is 2.22. The van der Waals surface area contributed by atoms with Crippen molar-refractivity contribution in [1.82, 2.24) is 0 Å². The van der Waals surface area contributed by atoms with Crippen molar-refractivity contribution in [2.45, 2.75) is 39.7 Å². The van der Waals surface area contributed by atoms with Gasteiger partial charge in [0.2, 0.25) is 0 Å². The van der Waals surface area contributed by atoms with Crippen LogP contribution in [-0.4, -0.2) is 12.6 Å². The highest BCUT2D eigenvalue weighted by Crippen LogP contribution is 2.30. The van der Waals surface area contributed by atoms with Crippen molar-refractivity contribution in [3.63, 3.8) is 0 Å². The van der Waals surface area contributed by atoms with E-state index in [0.29, 0.717) is 5.92 Å². The molecule has 1 aromatic rings. The molecule has 0 bridgehead atoms. The maximum absolute atomic E-state index is 6.11. The lowest BCUT2D eigenvalue weighted by molar-refractivity contribution is 0.354. The summed E-state index contributed by atoms with van der Waals surface area (Å²) in [4.78, 5) is 0. The molecule has 88 valence electrons. The summed E-state index contributed by atoms with van der Waals surface area (Å²) in [7, 11) is 0. The lowest BCUT2D eigenvalue weighted by Gasteiger charge is -2.16. The van der Waals surface area contributed by atoms with Crippen LogP contribution in [0, 0.1) is 12.8 Å². The average Bonchev–Trinajstić information content (AvgIpc) is 2.65. The van der Waals surface area contributed by atoms with E-state index >= 15 is 0 Å². The van der Waals surface area contributed by atoms with Gasteiger partial charge >= 0.3 is 0 Å². The van der Waals surface area contributed by atoms with Crippen LogP contribution < -0.4 is 10.5 Å². The first-order chi connectivity index (χ1) is 7.58. The van der Waals surface area contributed by atoms with Gasteiger partial charge in [-0.05, 0) is 36.0 Å². The van der Waals surface area contributed by atoms with Gasteiger partial charge in [-0.1, -0.05) is 26.0 Å². The first kappa shape index (κ1) is 11.5. The predicted octanol–water partition coefficient (Wildman–Crippen LogP) is 2.46. The molecule has 1 aliphatic rings. The molecular weight excluding hydrogens is 198 g/mol. The van der Waals surface area contributed by atoms with Gasteiger partial charge in [0.05, 0.1) is 6.61 Å². The highest BCUT2D eigenvalue weighted by molar-refractivity contribution is 5.46. The summed E-state index contributed by atoms with van der Waals surface area (Å²) in [6.07, 6.45) is 2.01. The Balaban J connectivity index is 2.20. The Bertz CT molecular complexity index is 385. The van der Waals surface area contributed by atoms with Gasteiger partial charge in [0.25, 0.3) is 0 Å². The Morgan fingerprint density at radius 3 is 2.81 bits per heavy atom. The monoisotopic (exact) mass is 219 g/mol. The zero-order chi connectivity index (χ0) is 11.7. The lowest BCUT2D eigenvalue weighted by atomic mass is 9.94. The van der Waals surface area contributed by atoms with Gasteiger partial charge in [-0.2, -0.15) is 0 Å². The largest absolute Gasteiger partial charge is 0.493 e. The lowest BCUT2D eigenvalue weighted by Crippen LogP contribution is -2.28. The van der Waals surface area contributed by atoms with E-state index in [1.54, 1.807) is 0 Å². The van der Waals surface area contributed by atoms with E-state index in [1.165, 1.54) is 16.7 Å². The van der Waals surface area contributed by atoms with Gasteiger partial charge in [-0.15, -0.1) is 0 Å². The minimum absolute atomic E-state index is 0.250. The molecule has 1 aliphatic heterocycles. The maximum Gasteiger partial charge on any atom is 0.125 e. The van der Waals surface area contributed by atoms with Crippen molar-refractivity contribution in [2.24, 2.45) is 11.7 Å². The summed E-state index contributed by atoms with van der Waals surface area (Å²) < 4.78 is 5.61. The van der Waals surface area contributed by atoms with Crippen LogP contribution in [0.1, 0.15) is 30.5 Å². The molecule has 0 aromatic heterocycles. The topological polar surface area (TPSA) is 35.2 Å². The van der Waals surface area contributed by atoms with Crippen LogP contribution in [0.5, 0.6) is 5.75 Å². The standard InChI is InChI=1S/C14H21NO/c1-9(2)13(15)8-11-6-10(3)14-12(7-11)4-5-16-14/h6-7,9,13H,4-5,8,15H2,1-3H3. The van der Waals surface area contributed by atoms with Gasteiger partial charge in [-0.25, -0.2) is 0 Å². The molecule has 2 N–H and O–H groups in total.